The molecule has 8 nitrogen and oxygen atoms in total. The zero-order valence-corrected chi connectivity index (χ0v) is 23.8. The van der Waals surface area contributed by atoms with Crippen LogP contribution in [0.2, 0.25) is 0 Å². The highest BCUT2D eigenvalue weighted by Gasteiger charge is 2.19. The van der Waals surface area contributed by atoms with Crippen molar-refractivity contribution in [2.24, 2.45) is 12.2 Å². The first-order valence-corrected chi connectivity index (χ1v) is 15.0. The molecule has 0 saturated carbocycles. The Morgan fingerprint density at radius 2 is 1.80 bits per heavy atom. The van der Waals surface area contributed by atoms with Crippen molar-refractivity contribution in [1.82, 2.24) is 4.57 Å². The zero-order valence-electron chi connectivity index (χ0n) is 23.0. The molecule has 0 bridgehead atoms. The Morgan fingerprint density at radius 3 is 2.48 bits per heavy atom. The lowest BCUT2D eigenvalue weighted by Gasteiger charge is -2.30. The van der Waals surface area contributed by atoms with Gasteiger partial charge in [-0.05, 0) is 72.1 Å². The maximum atomic E-state index is 12.2. The number of anilines is 1. The molecule has 1 unspecified atom stereocenters. The molecular weight excluding hydrogens is 526 g/mol. The van der Waals surface area contributed by atoms with Gasteiger partial charge >= 0.3 is 5.91 Å². The van der Waals surface area contributed by atoms with E-state index in [9.17, 15) is 13.9 Å². The minimum Gasteiger partial charge on any atom is -0.489 e. The molecule has 1 aromatic heterocycles. The monoisotopic (exact) mass is 559 g/mol. The number of ether oxygens (including phenoxy) is 2. The number of morpholine rings is 1. The van der Waals surface area contributed by atoms with Gasteiger partial charge in [0, 0.05) is 75.0 Å². The quantitative estimate of drug-likeness (QED) is 0.239. The molecule has 1 aliphatic heterocycles. The summed E-state index contributed by atoms with van der Waals surface area (Å²) in [7, 11) is 0.890. The van der Waals surface area contributed by atoms with Crippen LogP contribution in [0.25, 0.3) is 22.2 Å². The van der Waals surface area contributed by atoms with Gasteiger partial charge in [0.05, 0.1) is 18.9 Å². The highest BCUT2D eigenvalue weighted by atomic mass is 32.2. The Morgan fingerprint density at radius 1 is 1.05 bits per heavy atom. The molecule has 9 heteroatoms. The molecule has 1 aliphatic rings. The molecule has 208 valence electrons. The van der Waals surface area contributed by atoms with Crippen LogP contribution in [0.5, 0.6) is 5.75 Å². The van der Waals surface area contributed by atoms with E-state index in [1.165, 1.54) is 5.56 Å². The van der Waals surface area contributed by atoms with E-state index in [-0.39, 0.29) is 5.56 Å². The largest absolute Gasteiger partial charge is 0.489 e. The predicted molar refractivity (Wildman–Crippen MR) is 159 cm³/mol. The number of hydrogen-bond acceptors (Lipinski definition) is 6. The average molecular weight is 560 g/mol. The van der Waals surface area contributed by atoms with Crippen LogP contribution in [0.1, 0.15) is 34.8 Å². The number of amides is 1. The van der Waals surface area contributed by atoms with Crippen molar-refractivity contribution in [3.05, 3.63) is 82.3 Å². The number of benzene rings is 3. The van der Waals surface area contributed by atoms with E-state index in [0.717, 1.165) is 70.0 Å². The summed E-state index contributed by atoms with van der Waals surface area (Å²) in [5.41, 5.74) is 6.55. The summed E-state index contributed by atoms with van der Waals surface area (Å²) in [5.74, 6) is -0.0314. The van der Waals surface area contributed by atoms with Crippen LogP contribution in [-0.4, -0.2) is 47.2 Å². The second-order valence-electron chi connectivity index (χ2n) is 9.92. The zero-order chi connectivity index (χ0) is 28.2. The Labute approximate surface area is 236 Å². The average Bonchev–Trinajstić information content (AvgIpc) is 3.26. The summed E-state index contributed by atoms with van der Waals surface area (Å²) in [4.78, 5) is 25.8. The fourth-order valence-electron chi connectivity index (χ4n) is 5.41. The molecule has 1 saturated heterocycles. The molecule has 1 atom stereocenters. The van der Waals surface area contributed by atoms with Gasteiger partial charge in [-0.1, -0.05) is 19.4 Å². The number of rotatable bonds is 9. The minimum atomic E-state index is -1.08. The van der Waals surface area contributed by atoms with Crippen molar-refractivity contribution in [3.8, 4) is 17.0 Å². The molecule has 40 heavy (non-hydrogen) atoms. The normalized spacial score (nSPS) is 14.3. The van der Waals surface area contributed by atoms with Crippen LogP contribution < -0.4 is 9.64 Å². The first kappa shape index (κ1) is 27.7. The first-order chi connectivity index (χ1) is 19.4. The van der Waals surface area contributed by atoms with Gasteiger partial charge in [0.1, 0.15) is 12.4 Å². The summed E-state index contributed by atoms with van der Waals surface area (Å²) in [5, 5.41) is 3.64. The molecule has 1 fully saturated rings. The number of nitroso groups, excluding NO2 is 1. The summed E-state index contributed by atoms with van der Waals surface area (Å²) in [6, 6.07) is 19.3. The lowest BCUT2D eigenvalue weighted by Crippen LogP contribution is -2.36. The number of aryl methyl sites for hydroxylation is 2. The third kappa shape index (κ3) is 5.57. The molecule has 2 heterocycles. The smallest absolute Gasteiger partial charge is 0.316 e. The van der Waals surface area contributed by atoms with Gasteiger partial charge in [-0.3, -0.25) is 9.00 Å². The van der Waals surface area contributed by atoms with Crippen LogP contribution in [0, 0.1) is 4.91 Å². The maximum absolute atomic E-state index is 12.2. The molecule has 0 spiro atoms. The van der Waals surface area contributed by atoms with E-state index in [1.54, 1.807) is 18.4 Å². The Balaban J connectivity index is 1.42. The third-order valence-corrected chi connectivity index (χ3v) is 8.31. The van der Waals surface area contributed by atoms with E-state index in [4.69, 9.17) is 9.47 Å². The Bertz CT molecular complexity index is 1570. The van der Waals surface area contributed by atoms with Gasteiger partial charge < -0.3 is 18.9 Å². The molecule has 0 radical (unpaired) electrons. The van der Waals surface area contributed by atoms with Crippen molar-refractivity contribution < 1.29 is 18.5 Å². The van der Waals surface area contributed by atoms with E-state index in [0.29, 0.717) is 19.8 Å². The van der Waals surface area contributed by atoms with Gasteiger partial charge in [-0.15, -0.1) is 4.91 Å². The number of hydrogen-bond donors (Lipinski definition) is 0. The van der Waals surface area contributed by atoms with E-state index in [1.807, 2.05) is 55.6 Å². The van der Waals surface area contributed by atoms with E-state index in [2.05, 4.69) is 21.6 Å². The Hall–Kier alpha value is -3.82. The van der Waals surface area contributed by atoms with Gasteiger partial charge in [0.15, 0.2) is 0 Å². The SMILES string of the molecule is CCCc1c(-c2ccc(OCc3cc(S(C)=O)ccc3N3CCOCC3)cc2)n(C)c2cc(C(=O)N=O)ccc12. The van der Waals surface area contributed by atoms with Crippen LogP contribution in [0.15, 0.2) is 70.7 Å². The molecule has 0 aliphatic carbocycles. The molecule has 1 amide bonds. The van der Waals surface area contributed by atoms with Crippen molar-refractivity contribution in [3.63, 3.8) is 0 Å². The first-order valence-electron chi connectivity index (χ1n) is 13.4. The van der Waals surface area contributed by atoms with Gasteiger partial charge in [-0.2, -0.15) is 0 Å². The van der Waals surface area contributed by atoms with Gasteiger partial charge in [-0.25, -0.2) is 0 Å². The van der Waals surface area contributed by atoms with E-state index < -0.39 is 16.7 Å². The fourth-order valence-corrected chi connectivity index (χ4v) is 5.98. The molecule has 0 N–H and O–H groups in total. The lowest BCUT2D eigenvalue weighted by molar-refractivity contribution is 0.100. The van der Waals surface area contributed by atoms with Crippen LogP contribution in [-0.2, 0) is 35.6 Å². The molecule has 4 aromatic rings. The standard InChI is InChI=1S/C31H33N3O5S/c1-4-5-27-26-12-8-22(31(35)32-36)19-29(26)33(2)30(27)21-6-9-24(10-7-21)39-20-23-18-25(40(3)37)11-13-28(23)34-14-16-38-17-15-34/h6-13,18-19H,4-5,14-17,20H2,1-3H3. The number of aromatic nitrogens is 1. The highest BCUT2D eigenvalue weighted by molar-refractivity contribution is 7.84. The van der Waals surface area contributed by atoms with Crippen LogP contribution in [0.3, 0.4) is 0 Å². The van der Waals surface area contributed by atoms with Crippen molar-refractivity contribution in [2.45, 2.75) is 31.3 Å². The summed E-state index contributed by atoms with van der Waals surface area (Å²) in [6.45, 7) is 5.48. The maximum Gasteiger partial charge on any atom is 0.316 e. The van der Waals surface area contributed by atoms with Crippen molar-refractivity contribution in [2.75, 3.05) is 37.5 Å². The second kappa shape index (κ2) is 12.1. The highest BCUT2D eigenvalue weighted by Crippen LogP contribution is 2.35. The van der Waals surface area contributed by atoms with Gasteiger partial charge in [0.2, 0.25) is 0 Å². The Kier molecular flexibility index (Phi) is 8.42. The number of carbonyl (C=O) groups excluding carboxylic acids is 1. The van der Waals surface area contributed by atoms with Crippen LogP contribution in [0.4, 0.5) is 5.69 Å². The number of nitrogens with zero attached hydrogens (tertiary/aromatic N) is 3. The topological polar surface area (TPSA) is 90.2 Å². The summed E-state index contributed by atoms with van der Waals surface area (Å²) in [6.07, 6.45) is 3.53. The molecule has 5 rings (SSSR count). The minimum absolute atomic E-state index is 0.286. The van der Waals surface area contributed by atoms with Gasteiger partial charge in [0.25, 0.3) is 0 Å². The fraction of sp³-hybridized carbons (Fsp3) is 0.323. The number of carbonyl (C=O) groups is 1. The lowest BCUT2D eigenvalue weighted by atomic mass is 10.0. The molecule has 3 aromatic carbocycles. The van der Waals surface area contributed by atoms with Crippen molar-refractivity contribution >= 4 is 33.3 Å². The molecular formula is C31H33N3O5S. The predicted octanol–water partition coefficient (Wildman–Crippen LogP) is 5.86. The third-order valence-electron chi connectivity index (χ3n) is 7.39. The van der Waals surface area contributed by atoms with E-state index >= 15 is 0 Å². The second-order valence-corrected chi connectivity index (χ2v) is 11.3. The van der Waals surface area contributed by atoms with Crippen molar-refractivity contribution in [1.29, 1.82) is 0 Å². The van der Waals surface area contributed by atoms with Crippen LogP contribution >= 0.6 is 0 Å². The number of fused-ring (bicyclic) bond motifs is 1. The summed E-state index contributed by atoms with van der Waals surface area (Å²) < 4.78 is 26.0. The summed E-state index contributed by atoms with van der Waals surface area (Å²) >= 11 is 0.